The number of rotatable bonds is 9. The fourth-order valence-corrected chi connectivity index (χ4v) is 3.40. The van der Waals surface area contributed by atoms with Crippen molar-refractivity contribution in [3.05, 3.63) is 65.9 Å². The molecule has 0 saturated heterocycles. The van der Waals surface area contributed by atoms with Crippen LogP contribution >= 0.6 is 0 Å². The number of methoxy groups -OCH3 is 1. The van der Waals surface area contributed by atoms with Gasteiger partial charge in [0.15, 0.2) is 11.5 Å². The molecule has 0 radical (unpaired) electrons. The lowest BCUT2D eigenvalue weighted by Gasteiger charge is -2.22. The molecule has 1 heterocycles. The molecule has 0 saturated carbocycles. The average molecular weight is 440 g/mol. The molecule has 2 aromatic carbocycles. The summed E-state index contributed by atoms with van der Waals surface area (Å²) in [6, 6.07) is 13.6. The Morgan fingerprint density at radius 1 is 0.969 bits per heavy atom. The van der Waals surface area contributed by atoms with Crippen LogP contribution in [0.15, 0.2) is 59.8 Å². The smallest absolute Gasteiger partial charge is 0.233 e. The number of anilines is 1. The molecule has 0 bridgehead atoms. The Balaban J connectivity index is 0.000000233. The summed E-state index contributed by atoms with van der Waals surface area (Å²) >= 11 is 0. The van der Waals surface area contributed by atoms with E-state index in [1.807, 2.05) is 47.6 Å². The summed E-state index contributed by atoms with van der Waals surface area (Å²) in [5.41, 5.74) is 6.31. The van der Waals surface area contributed by atoms with Gasteiger partial charge in [-0.1, -0.05) is 64.3 Å². The van der Waals surface area contributed by atoms with Gasteiger partial charge in [0.1, 0.15) is 0 Å². The molecular formula is C26H37N3O3. The second-order valence-electron chi connectivity index (χ2n) is 7.44. The van der Waals surface area contributed by atoms with Crippen LogP contribution in [0.5, 0.6) is 11.5 Å². The Kier molecular flexibility index (Phi) is 11.0. The topological polar surface area (TPSA) is 66.3 Å². The highest BCUT2D eigenvalue weighted by atomic mass is 16.5. The standard InChI is InChI=1S/C16H26O2.C10H11N3O/c1-4-7-8-9-12-18-16-14(6-3)13(5-2)10-11-15(16)17;1-14-10-7-8-13(12-11-10)9-5-3-2-4-6-9/h10-11,17H,4-9,12H2,1-3H3;2-8,12H,1H3. The highest BCUT2D eigenvalue weighted by Crippen LogP contribution is 2.33. The molecular weight excluding hydrogens is 402 g/mol. The Morgan fingerprint density at radius 3 is 2.34 bits per heavy atom. The van der Waals surface area contributed by atoms with E-state index in [4.69, 9.17) is 9.47 Å². The van der Waals surface area contributed by atoms with Gasteiger partial charge in [-0.2, -0.15) is 0 Å². The number of unbranched alkanes of at least 4 members (excludes halogenated alkanes) is 3. The molecule has 0 unspecified atom stereocenters. The summed E-state index contributed by atoms with van der Waals surface area (Å²) in [4.78, 5) is 0. The monoisotopic (exact) mass is 439 g/mol. The van der Waals surface area contributed by atoms with Gasteiger partial charge in [-0.05, 0) is 43.0 Å². The van der Waals surface area contributed by atoms with Gasteiger partial charge in [-0.3, -0.25) is 0 Å². The first-order valence-electron chi connectivity index (χ1n) is 11.5. The zero-order valence-corrected chi connectivity index (χ0v) is 19.8. The van der Waals surface area contributed by atoms with E-state index in [1.54, 1.807) is 19.3 Å². The van der Waals surface area contributed by atoms with Crippen LogP contribution in [0.4, 0.5) is 5.69 Å². The van der Waals surface area contributed by atoms with Gasteiger partial charge in [-0.15, -0.1) is 5.10 Å². The quantitative estimate of drug-likeness (QED) is 0.472. The van der Waals surface area contributed by atoms with E-state index >= 15 is 0 Å². The summed E-state index contributed by atoms with van der Waals surface area (Å²) in [5, 5.41) is 15.7. The van der Waals surface area contributed by atoms with E-state index in [0.717, 1.165) is 30.5 Å². The normalized spacial score (nSPS) is 12.4. The molecule has 0 fully saturated rings. The zero-order valence-electron chi connectivity index (χ0n) is 19.8. The molecule has 6 nitrogen and oxygen atoms in total. The zero-order chi connectivity index (χ0) is 23.2. The molecule has 1 aliphatic rings. The van der Waals surface area contributed by atoms with Crippen LogP contribution in [-0.2, 0) is 17.6 Å². The predicted molar refractivity (Wildman–Crippen MR) is 132 cm³/mol. The number of hydrazine groups is 1. The third-order valence-electron chi connectivity index (χ3n) is 5.19. The van der Waals surface area contributed by atoms with Crippen molar-refractivity contribution in [2.45, 2.75) is 59.3 Å². The molecule has 174 valence electrons. The minimum Gasteiger partial charge on any atom is -0.504 e. The Labute approximate surface area is 192 Å². The van der Waals surface area contributed by atoms with Crippen LogP contribution in [0.1, 0.15) is 57.6 Å². The second kappa shape index (κ2) is 14.0. The van der Waals surface area contributed by atoms with Crippen molar-refractivity contribution in [3.8, 4) is 11.5 Å². The lowest BCUT2D eigenvalue weighted by atomic mass is 10.0. The third kappa shape index (κ3) is 7.52. The lowest BCUT2D eigenvalue weighted by molar-refractivity contribution is 0.286. The molecule has 2 aromatic rings. The first-order chi connectivity index (χ1) is 15.6. The van der Waals surface area contributed by atoms with Crippen molar-refractivity contribution in [1.82, 2.24) is 5.53 Å². The van der Waals surface area contributed by atoms with E-state index in [2.05, 4.69) is 31.4 Å². The lowest BCUT2D eigenvalue weighted by Crippen LogP contribution is -2.33. The van der Waals surface area contributed by atoms with Gasteiger partial charge in [0.05, 0.1) is 19.4 Å². The van der Waals surface area contributed by atoms with Gasteiger partial charge in [0.25, 0.3) is 0 Å². The fourth-order valence-electron chi connectivity index (χ4n) is 3.40. The molecule has 0 aromatic heterocycles. The number of aromatic hydroxyl groups is 1. The van der Waals surface area contributed by atoms with Gasteiger partial charge in [-0.25, -0.2) is 10.5 Å². The molecule has 0 atom stereocenters. The van der Waals surface area contributed by atoms with Crippen molar-refractivity contribution < 1.29 is 14.6 Å². The Hall–Kier alpha value is -3.15. The van der Waals surface area contributed by atoms with Gasteiger partial charge < -0.3 is 14.6 Å². The molecule has 0 aliphatic carbocycles. The fraction of sp³-hybridized carbons (Fsp3) is 0.423. The number of ether oxygens (including phenoxy) is 2. The molecule has 3 rings (SSSR count). The van der Waals surface area contributed by atoms with Crippen LogP contribution in [0.3, 0.4) is 0 Å². The number of hydrazone groups is 1. The predicted octanol–water partition coefficient (Wildman–Crippen LogP) is 5.96. The Bertz CT molecular complexity index is 866. The van der Waals surface area contributed by atoms with E-state index in [-0.39, 0.29) is 5.75 Å². The van der Waals surface area contributed by atoms with Gasteiger partial charge in [0.2, 0.25) is 5.90 Å². The minimum atomic E-state index is 0.277. The van der Waals surface area contributed by atoms with Crippen LogP contribution in [-0.4, -0.2) is 24.7 Å². The Morgan fingerprint density at radius 2 is 1.75 bits per heavy atom. The summed E-state index contributed by atoms with van der Waals surface area (Å²) in [7, 11) is 1.59. The average Bonchev–Trinajstić information content (AvgIpc) is 2.85. The third-order valence-corrected chi connectivity index (χ3v) is 5.19. The number of hydrogen-bond donors (Lipinski definition) is 2. The van der Waals surface area contributed by atoms with Gasteiger partial charge in [0, 0.05) is 17.8 Å². The number of aryl methyl sites for hydroxylation is 1. The number of phenols is 1. The van der Waals surface area contributed by atoms with Crippen molar-refractivity contribution in [2.24, 2.45) is 5.10 Å². The van der Waals surface area contributed by atoms with Crippen molar-refractivity contribution in [3.63, 3.8) is 0 Å². The van der Waals surface area contributed by atoms with Crippen LogP contribution < -0.4 is 15.3 Å². The van der Waals surface area contributed by atoms with Crippen molar-refractivity contribution in [2.75, 3.05) is 18.7 Å². The maximum Gasteiger partial charge on any atom is 0.233 e. The highest BCUT2D eigenvalue weighted by Gasteiger charge is 2.12. The van der Waals surface area contributed by atoms with Crippen LogP contribution in [0.25, 0.3) is 0 Å². The summed E-state index contributed by atoms with van der Waals surface area (Å²) in [6.07, 6.45) is 10.3. The van der Waals surface area contributed by atoms with E-state index in [0.29, 0.717) is 18.3 Å². The van der Waals surface area contributed by atoms with E-state index in [1.165, 1.54) is 24.8 Å². The first-order valence-corrected chi connectivity index (χ1v) is 11.5. The molecule has 1 aliphatic heterocycles. The maximum absolute atomic E-state index is 9.92. The summed E-state index contributed by atoms with van der Waals surface area (Å²) in [6.45, 7) is 7.15. The number of phenolic OH excluding ortho intramolecular Hbond substituents is 1. The highest BCUT2D eigenvalue weighted by molar-refractivity contribution is 5.88. The van der Waals surface area contributed by atoms with Crippen LogP contribution in [0, 0.1) is 0 Å². The molecule has 2 N–H and O–H groups in total. The summed E-state index contributed by atoms with van der Waals surface area (Å²) < 4.78 is 10.7. The van der Waals surface area contributed by atoms with Gasteiger partial charge >= 0.3 is 0 Å². The number of nitrogens with zero attached hydrogens (tertiary/aromatic N) is 2. The molecule has 32 heavy (non-hydrogen) atoms. The second-order valence-corrected chi connectivity index (χ2v) is 7.44. The number of para-hydroxylation sites is 1. The van der Waals surface area contributed by atoms with Crippen molar-refractivity contribution >= 4 is 11.6 Å². The first kappa shape index (κ1) is 25.1. The number of nitrogens with one attached hydrogen (secondary N) is 1. The number of hydrogen-bond acceptors (Lipinski definition) is 6. The number of benzene rings is 2. The maximum atomic E-state index is 9.92. The molecule has 6 heteroatoms. The van der Waals surface area contributed by atoms with Crippen LogP contribution in [0.2, 0.25) is 0 Å². The molecule has 0 amide bonds. The van der Waals surface area contributed by atoms with Crippen molar-refractivity contribution in [1.29, 1.82) is 0 Å². The van der Waals surface area contributed by atoms with E-state index < -0.39 is 0 Å². The molecule has 0 spiro atoms. The minimum absolute atomic E-state index is 0.277. The van der Waals surface area contributed by atoms with E-state index in [9.17, 15) is 5.11 Å². The SMILES string of the molecule is CCCCCCOc1c(O)ccc(CC)c1CC.COC1=NNN(c2ccccc2)C=C1. The largest absolute Gasteiger partial charge is 0.504 e. The summed E-state index contributed by atoms with van der Waals surface area (Å²) in [5.74, 6) is 1.55.